The van der Waals surface area contributed by atoms with E-state index in [2.05, 4.69) is 13.8 Å². The summed E-state index contributed by atoms with van der Waals surface area (Å²) in [7, 11) is 0. The van der Waals surface area contributed by atoms with E-state index in [4.69, 9.17) is 2.74 Å². The first-order valence-electron chi connectivity index (χ1n) is 4.60. The number of benzene rings is 1. The fourth-order valence-electron chi connectivity index (χ4n) is 0.800. The molecule has 0 aliphatic carbocycles. The molecular formula is C10H14. The van der Waals surface area contributed by atoms with Crippen molar-refractivity contribution in [3.05, 3.63) is 35.3 Å². The molecule has 0 spiro atoms. The van der Waals surface area contributed by atoms with Gasteiger partial charge in [-0.2, -0.15) is 0 Å². The second-order valence-electron chi connectivity index (χ2n) is 2.86. The first-order chi connectivity index (χ1) is 5.52. The average Bonchev–Trinajstić information content (AvgIpc) is 1.99. The van der Waals surface area contributed by atoms with Crippen molar-refractivity contribution in [2.45, 2.75) is 26.7 Å². The molecule has 0 aromatic heterocycles. The van der Waals surface area contributed by atoms with Crippen LogP contribution < -0.4 is 0 Å². The Morgan fingerprint density at radius 2 is 1.80 bits per heavy atom. The predicted octanol–water partition coefficient (Wildman–Crippen LogP) is 3.12. The Kier molecular flexibility index (Phi) is 1.42. The van der Waals surface area contributed by atoms with Gasteiger partial charge in [-0.3, -0.25) is 0 Å². The van der Waals surface area contributed by atoms with Gasteiger partial charge in [-0.05, 0) is 18.4 Å². The summed E-state index contributed by atoms with van der Waals surface area (Å²) in [4.78, 5) is 0. The van der Waals surface area contributed by atoms with Gasteiger partial charge in [-0.15, -0.1) is 0 Å². The second-order valence-corrected chi connectivity index (χ2v) is 2.86. The maximum atomic E-state index is 7.57. The Bertz CT molecular complexity index is 267. The van der Waals surface area contributed by atoms with Crippen molar-refractivity contribution < 1.29 is 2.74 Å². The van der Waals surface area contributed by atoms with E-state index in [9.17, 15) is 0 Å². The molecule has 1 aromatic rings. The Labute approximate surface area is 65.7 Å². The minimum atomic E-state index is 0.402. The molecule has 1 aromatic carbocycles. The molecule has 0 saturated carbocycles. The van der Waals surface area contributed by atoms with Gasteiger partial charge in [0.05, 0.1) is 2.74 Å². The van der Waals surface area contributed by atoms with E-state index in [1.807, 2.05) is 19.1 Å². The van der Waals surface area contributed by atoms with E-state index in [0.29, 0.717) is 18.0 Å². The molecule has 0 nitrogen and oxygen atoms in total. The van der Waals surface area contributed by atoms with Crippen LogP contribution in [0.1, 0.15) is 33.6 Å². The molecule has 10 heavy (non-hydrogen) atoms. The fraction of sp³-hybridized carbons (Fsp3) is 0.400. The summed E-state index contributed by atoms with van der Waals surface area (Å²) >= 11 is 0. The fourth-order valence-corrected chi connectivity index (χ4v) is 0.800. The lowest BCUT2D eigenvalue weighted by Gasteiger charge is -2.03. The zero-order valence-electron chi connectivity index (χ0n) is 8.73. The minimum Gasteiger partial charge on any atom is -0.0590 e. The quantitative estimate of drug-likeness (QED) is 0.556. The van der Waals surface area contributed by atoms with Crippen LogP contribution in [0.4, 0.5) is 0 Å². The van der Waals surface area contributed by atoms with Gasteiger partial charge in [0.25, 0.3) is 0 Å². The molecule has 0 fully saturated rings. The molecular weight excluding hydrogens is 120 g/mol. The molecule has 0 radical (unpaired) electrons. The van der Waals surface area contributed by atoms with Gasteiger partial charge >= 0.3 is 0 Å². The van der Waals surface area contributed by atoms with Crippen LogP contribution in [0, 0.1) is 6.92 Å². The van der Waals surface area contributed by atoms with Crippen LogP contribution in [0.5, 0.6) is 0 Å². The van der Waals surface area contributed by atoms with Crippen LogP contribution in [0.25, 0.3) is 0 Å². The summed E-state index contributed by atoms with van der Waals surface area (Å²) < 4.78 is 15.1. The van der Waals surface area contributed by atoms with Crippen molar-refractivity contribution in [3.8, 4) is 0 Å². The smallest absolute Gasteiger partial charge is 0.0590 e. The van der Waals surface area contributed by atoms with E-state index < -0.39 is 0 Å². The van der Waals surface area contributed by atoms with Crippen molar-refractivity contribution in [1.29, 1.82) is 0 Å². The lowest BCUT2D eigenvalue weighted by molar-refractivity contribution is 0.866. The van der Waals surface area contributed by atoms with E-state index in [1.165, 1.54) is 0 Å². The van der Waals surface area contributed by atoms with Crippen LogP contribution in [0.3, 0.4) is 0 Å². The Hall–Kier alpha value is -0.780. The van der Waals surface area contributed by atoms with Gasteiger partial charge < -0.3 is 0 Å². The maximum absolute atomic E-state index is 7.57. The van der Waals surface area contributed by atoms with Gasteiger partial charge in [-0.1, -0.05) is 43.6 Å². The summed E-state index contributed by atoms with van der Waals surface area (Å²) in [6, 6.07) is 4.65. The van der Waals surface area contributed by atoms with E-state index in [-0.39, 0.29) is 0 Å². The minimum absolute atomic E-state index is 0.402. The molecule has 0 aliphatic rings. The molecule has 0 aliphatic heterocycles. The van der Waals surface area contributed by atoms with Gasteiger partial charge in [0.1, 0.15) is 0 Å². The van der Waals surface area contributed by atoms with Gasteiger partial charge in [0, 0.05) is 0 Å². The molecule has 0 heteroatoms. The van der Waals surface area contributed by atoms with Crippen LogP contribution >= 0.6 is 0 Å². The Morgan fingerprint density at radius 3 is 2.20 bits per heavy atom. The molecule has 0 unspecified atom stereocenters. The van der Waals surface area contributed by atoms with Gasteiger partial charge in [-0.25, -0.2) is 0 Å². The zero-order chi connectivity index (χ0) is 9.30. The number of hydrogen-bond donors (Lipinski definition) is 0. The van der Waals surface area contributed by atoms with Crippen LogP contribution in [-0.4, -0.2) is 0 Å². The van der Waals surface area contributed by atoms with Crippen molar-refractivity contribution in [1.82, 2.24) is 0 Å². The van der Waals surface area contributed by atoms with Crippen molar-refractivity contribution in [3.63, 3.8) is 0 Å². The average molecular weight is 136 g/mol. The summed E-state index contributed by atoms with van der Waals surface area (Å²) in [5, 5.41) is 0. The zero-order valence-corrected chi connectivity index (χ0v) is 6.73. The lowest BCUT2D eigenvalue weighted by atomic mass is 10.0. The summed E-state index contributed by atoms with van der Waals surface area (Å²) in [6.07, 6.45) is 0. The maximum Gasteiger partial charge on any atom is 0.0626 e. The normalized spacial score (nSPS) is 13.2. The first-order valence-corrected chi connectivity index (χ1v) is 3.60. The third kappa shape index (κ3) is 1.60. The van der Waals surface area contributed by atoms with Crippen molar-refractivity contribution in [2.75, 3.05) is 0 Å². The molecule has 0 heterocycles. The summed E-state index contributed by atoms with van der Waals surface area (Å²) in [6.45, 7) is 5.96. The SMILES string of the molecule is [2H]c1cc(C(C)C)cc([2H])c1C. The third-order valence-corrected chi connectivity index (χ3v) is 1.58. The lowest BCUT2D eigenvalue weighted by Crippen LogP contribution is -1.85. The van der Waals surface area contributed by atoms with Crippen LogP contribution in [0.2, 0.25) is 0 Å². The van der Waals surface area contributed by atoms with E-state index in [1.54, 1.807) is 0 Å². The third-order valence-electron chi connectivity index (χ3n) is 1.58. The molecule has 0 amide bonds. The van der Waals surface area contributed by atoms with Crippen molar-refractivity contribution >= 4 is 0 Å². The van der Waals surface area contributed by atoms with Crippen molar-refractivity contribution in [2.24, 2.45) is 0 Å². The highest BCUT2D eigenvalue weighted by molar-refractivity contribution is 5.23. The Morgan fingerprint density at radius 1 is 1.30 bits per heavy atom. The highest BCUT2D eigenvalue weighted by atomic mass is 14.0. The highest BCUT2D eigenvalue weighted by Crippen LogP contribution is 2.13. The van der Waals surface area contributed by atoms with E-state index >= 15 is 0 Å². The summed E-state index contributed by atoms with van der Waals surface area (Å²) in [5.41, 5.74) is 1.84. The molecule has 54 valence electrons. The van der Waals surface area contributed by atoms with E-state index in [0.717, 1.165) is 11.1 Å². The number of hydrogen-bond acceptors (Lipinski definition) is 0. The topological polar surface area (TPSA) is 0 Å². The molecule has 0 bridgehead atoms. The standard InChI is InChI=1S/C10H14/c1-8(2)10-6-4-9(3)5-7-10/h4-8H,1-3H3/i4D,5D. The monoisotopic (exact) mass is 136 g/mol. The Balaban J connectivity index is 3.21. The molecule has 1 rings (SSSR count). The van der Waals surface area contributed by atoms with Gasteiger partial charge in [0.2, 0.25) is 0 Å². The summed E-state index contributed by atoms with van der Waals surface area (Å²) in [5.74, 6) is 0.402. The predicted molar refractivity (Wildman–Crippen MR) is 45.3 cm³/mol. The highest BCUT2D eigenvalue weighted by Gasteiger charge is 1.95. The molecule has 0 N–H and O–H groups in total. The first kappa shape index (κ1) is 4.95. The molecule has 0 saturated heterocycles. The second kappa shape index (κ2) is 2.87. The molecule has 0 atom stereocenters. The largest absolute Gasteiger partial charge is 0.0626 e. The van der Waals surface area contributed by atoms with Crippen LogP contribution in [-0.2, 0) is 0 Å². The number of rotatable bonds is 1. The van der Waals surface area contributed by atoms with Crippen LogP contribution in [0.15, 0.2) is 24.2 Å². The van der Waals surface area contributed by atoms with Gasteiger partial charge in [0.15, 0.2) is 0 Å².